The Kier molecular flexibility index (Phi) is 12.3. The third-order valence-electron chi connectivity index (χ3n) is 3.40. The van der Waals surface area contributed by atoms with Crippen LogP contribution in [0.3, 0.4) is 0 Å². The monoisotopic (exact) mass is 352 g/mol. The second-order valence-electron chi connectivity index (χ2n) is 6.97. The number of nitrogens with zero attached hydrogens (tertiary/aromatic N) is 2. The van der Waals surface area contributed by atoms with Crippen molar-refractivity contribution in [2.45, 2.75) is 79.6 Å². The second-order valence-corrected chi connectivity index (χ2v) is 9.39. The molecule has 6 heteroatoms. The fourth-order valence-corrected chi connectivity index (χ4v) is 5.20. The number of rotatable bonds is 7. The Morgan fingerprint density at radius 3 is 1.27 bits per heavy atom. The normalized spacial score (nSPS) is 17.9. The first kappa shape index (κ1) is 22.6. The predicted molar refractivity (Wildman–Crippen MR) is 103 cm³/mol. The quantitative estimate of drug-likeness (QED) is 0.538. The molecule has 0 aromatic heterocycles. The van der Waals surface area contributed by atoms with Gasteiger partial charge in [0.15, 0.2) is 0 Å². The molecule has 0 aromatic carbocycles. The zero-order valence-corrected chi connectivity index (χ0v) is 17.5. The molecule has 0 aliphatic carbocycles. The SMILES string of the molecule is CC(C)N1CCN(C(C)C)P1Cl.CC(C)NCCNC(C)C. The fraction of sp³-hybridized carbons (Fsp3) is 1.00. The molecule has 1 heterocycles. The van der Waals surface area contributed by atoms with E-state index in [9.17, 15) is 0 Å². The molecule has 4 nitrogen and oxygen atoms in total. The molecular weight excluding hydrogens is 315 g/mol. The Morgan fingerprint density at radius 1 is 0.773 bits per heavy atom. The van der Waals surface area contributed by atoms with Crippen molar-refractivity contribution in [3.63, 3.8) is 0 Å². The van der Waals surface area contributed by atoms with Gasteiger partial charge in [0.25, 0.3) is 0 Å². The van der Waals surface area contributed by atoms with Crippen LogP contribution in [0, 0.1) is 0 Å². The van der Waals surface area contributed by atoms with Gasteiger partial charge in [0.2, 0.25) is 0 Å². The fourth-order valence-electron chi connectivity index (χ4n) is 2.14. The van der Waals surface area contributed by atoms with E-state index in [1.54, 1.807) is 0 Å². The lowest BCUT2D eigenvalue weighted by molar-refractivity contribution is 0.390. The maximum absolute atomic E-state index is 6.35. The minimum atomic E-state index is -0.532. The highest BCUT2D eigenvalue weighted by Crippen LogP contribution is 2.54. The highest BCUT2D eigenvalue weighted by atomic mass is 35.7. The van der Waals surface area contributed by atoms with E-state index in [1.807, 2.05) is 0 Å². The first-order valence-electron chi connectivity index (χ1n) is 8.62. The Bertz CT molecular complexity index is 249. The Balaban J connectivity index is 0.000000409. The average molecular weight is 353 g/mol. The molecule has 22 heavy (non-hydrogen) atoms. The van der Waals surface area contributed by atoms with Crippen LogP contribution < -0.4 is 10.6 Å². The molecule has 0 saturated carbocycles. The summed E-state index contributed by atoms with van der Waals surface area (Å²) in [6, 6.07) is 2.37. The van der Waals surface area contributed by atoms with Crippen molar-refractivity contribution in [1.29, 1.82) is 0 Å². The summed E-state index contributed by atoms with van der Waals surface area (Å²) in [7, 11) is -0.532. The molecule has 1 aliphatic rings. The van der Waals surface area contributed by atoms with Crippen LogP contribution in [-0.2, 0) is 0 Å². The van der Waals surface area contributed by atoms with Crippen molar-refractivity contribution in [3.8, 4) is 0 Å². The summed E-state index contributed by atoms with van der Waals surface area (Å²) >= 11 is 6.35. The first-order chi connectivity index (χ1) is 10.2. The molecule has 0 bridgehead atoms. The minimum Gasteiger partial charge on any atom is -0.313 e. The van der Waals surface area contributed by atoms with Crippen molar-refractivity contribution >= 4 is 18.8 Å². The maximum atomic E-state index is 6.35. The van der Waals surface area contributed by atoms with Gasteiger partial charge in [0, 0.05) is 50.3 Å². The molecule has 0 unspecified atom stereocenters. The summed E-state index contributed by atoms with van der Waals surface area (Å²) in [5.74, 6) is 0. The Hall–Kier alpha value is 0.560. The molecule has 1 rings (SSSR count). The molecule has 0 radical (unpaired) electrons. The number of hydrogen-bond acceptors (Lipinski definition) is 4. The van der Waals surface area contributed by atoms with E-state index < -0.39 is 7.58 Å². The topological polar surface area (TPSA) is 30.5 Å². The summed E-state index contributed by atoms with van der Waals surface area (Å²) < 4.78 is 4.77. The van der Waals surface area contributed by atoms with Gasteiger partial charge in [-0.2, -0.15) is 0 Å². The summed E-state index contributed by atoms with van der Waals surface area (Å²) in [5.41, 5.74) is 0. The van der Waals surface area contributed by atoms with Crippen molar-refractivity contribution in [1.82, 2.24) is 20.0 Å². The van der Waals surface area contributed by atoms with Gasteiger partial charge in [-0.1, -0.05) is 38.9 Å². The minimum absolute atomic E-state index is 0.532. The largest absolute Gasteiger partial charge is 0.313 e. The molecule has 134 valence electrons. The van der Waals surface area contributed by atoms with Crippen LogP contribution in [0.1, 0.15) is 55.4 Å². The van der Waals surface area contributed by atoms with Crippen molar-refractivity contribution in [3.05, 3.63) is 0 Å². The summed E-state index contributed by atoms with van der Waals surface area (Å²) in [5, 5.41) is 6.68. The van der Waals surface area contributed by atoms with E-state index in [4.69, 9.17) is 11.2 Å². The summed E-state index contributed by atoms with van der Waals surface area (Å²) in [4.78, 5) is 0. The van der Waals surface area contributed by atoms with Gasteiger partial charge in [0.05, 0.1) is 0 Å². The molecule has 0 aromatic rings. The first-order valence-corrected chi connectivity index (χ1v) is 10.8. The maximum Gasteiger partial charge on any atom is 0.140 e. The van der Waals surface area contributed by atoms with Crippen LogP contribution in [0.2, 0.25) is 0 Å². The molecule has 1 aliphatic heterocycles. The van der Waals surface area contributed by atoms with Crippen molar-refractivity contribution in [2.24, 2.45) is 0 Å². The van der Waals surface area contributed by atoms with Crippen molar-refractivity contribution < 1.29 is 0 Å². The van der Waals surface area contributed by atoms with E-state index >= 15 is 0 Å². The van der Waals surface area contributed by atoms with Gasteiger partial charge >= 0.3 is 0 Å². The highest BCUT2D eigenvalue weighted by Gasteiger charge is 2.33. The molecular formula is C16H38ClN4P. The number of halogens is 1. The van der Waals surface area contributed by atoms with Crippen LogP contribution in [0.5, 0.6) is 0 Å². The second kappa shape index (κ2) is 12.0. The zero-order chi connectivity index (χ0) is 17.3. The van der Waals surface area contributed by atoms with E-state index in [1.165, 1.54) is 0 Å². The Labute approximate surface area is 145 Å². The van der Waals surface area contributed by atoms with Gasteiger partial charge in [-0.3, -0.25) is 9.34 Å². The number of nitrogens with one attached hydrogen (secondary N) is 2. The lowest BCUT2D eigenvalue weighted by atomic mass is 10.3. The third kappa shape index (κ3) is 9.64. The number of hydrogen-bond donors (Lipinski definition) is 2. The van der Waals surface area contributed by atoms with Crippen LogP contribution in [-0.4, -0.2) is 59.7 Å². The van der Waals surface area contributed by atoms with E-state index in [-0.39, 0.29) is 0 Å². The molecule has 1 fully saturated rings. The van der Waals surface area contributed by atoms with Gasteiger partial charge in [-0.15, -0.1) is 0 Å². The molecule has 0 amide bonds. The molecule has 1 saturated heterocycles. The summed E-state index contributed by atoms with van der Waals surface area (Å²) in [6.07, 6.45) is 0. The highest BCUT2D eigenvalue weighted by molar-refractivity contribution is 7.80. The lowest BCUT2D eigenvalue weighted by Crippen LogP contribution is -2.34. The smallest absolute Gasteiger partial charge is 0.140 e. The summed E-state index contributed by atoms with van der Waals surface area (Å²) in [6.45, 7) is 21.9. The van der Waals surface area contributed by atoms with E-state index in [2.05, 4.69) is 75.4 Å². The predicted octanol–water partition coefficient (Wildman–Crippen LogP) is 3.87. The van der Waals surface area contributed by atoms with Crippen LogP contribution >= 0.6 is 18.8 Å². The Morgan fingerprint density at radius 2 is 1.09 bits per heavy atom. The molecule has 2 N–H and O–H groups in total. The van der Waals surface area contributed by atoms with Crippen molar-refractivity contribution in [2.75, 3.05) is 26.2 Å². The average Bonchev–Trinajstić information content (AvgIpc) is 2.77. The standard InChI is InChI=1S/C8H18ClN2P.C8H20N2/c1-7(2)10-5-6-11(8(3)4)12(10)9;1-7(2)9-5-6-10-8(3)4/h7-8H,5-6H2,1-4H3;7-10H,5-6H2,1-4H3. The van der Waals surface area contributed by atoms with Gasteiger partial charge in [0.1, 0.15) is 7.58 Å². The zero-order valence-electron chi connectivity index (χ0n) is 15.9. The van der Waals surface area contributed by atoms with Crippen LogP contribution in [0.4, 0.5) is 0 Å². The van der Waals surface area contributed by atoms with Gasteiger partial charge < -0.3 is 10.6 Å². The third-order valence-corrected chi connectivity index (χ3v) is 6.74. The van der Waals surface area contributed by atoms with Crippen LogP contribution in [0.25, 0.3) is 0 Å². The van der Waals surface area contributed by atoms with Gasteiger partial charge in [-0.25, -0.2) is 0 Å². The van der Waals surface area contributed by atoms with E-state index in [0.717, 1.165) is 26.2 Å². The molecule has 0 spiro atoms. The van der Waals surface area contributed by atoms with Gasteiger partial charge in [-0.05, 0) is 27.7 Å². The van der Waals surface area contributed by atoms with Crippen LogP contribution in [0.15, 0.2) is 0 Å². The molecule has 0 atom stereocenters. The van der Waals surface area contributed by atoms with E-state index in [0.29, 0.717) is 24.2 Å². The lowest BCUT2D eigenvalue weighted by Gasteiger charge is -2.28.